The van der Waals surface area contributed by atoms with E-state index in [0.29, 0.717) is 0 Å². The number of thiol groups is 1. The van der Waals surface area contributed by atoms with Crippen LogP contribution >= 0.6 is 80.6 Å². The monoisotopic (exact) mass is 522 g/mol. The summed E-state index contributed by atoms with van der Waals surface area (Å²) < 4.78 is -5.64. The van der Waals surface area contributed by atoms with Crippen molar-refractivity contribution in [3.8, 4) is 0 Å². The predicted octanol–water partition coefficient (Wildman–Crippen LogP) is -5.11. The fraction of sp³-hybridized carbons (Fsp3) is 0. The molecule has 20 heavy (non-hydrogen) atoms. The Bertz CT molecular complexity index is 364. The maximum atomic E-state index is 5.75. The zero-order valence-electron chi connectivity index (χ0n) is 10.8. The van der Waals surface area contributed by atoms with E-state index in [-0.39, 0.29) is 94.4 Å². The van der Waals surface area contributed by atoms with Gasteiger partial charge in [0.05, 0.1) is 0 Å². The van der Waals surface area contributed by atoms with Crippen molar-refractivity contribution < 1.29 is 80.9 Å². The quantitative estimate of drug-likeness (QED) is 0.132. The first kappa shape index (κ1) is 34.9. The third-order valence-corrected chi connectivity index (χ3v) is 97.2. The smallest absolute Gasteiger partial charge is 0.870 e. The summed E-state index contributed by atoms with van der Waals surface area (Å²) in [5.41, 5.74) is 0. The van der Waals surface area contributed by atoms with Gasteiger partial charge in [-0.15, -0.1) is 0 Å². The summed E-state index contributed by atoms with van der Waals surface area (Å²) in [6.45, 7) is 0. The molecular formula is H2Li4OP4S11+2. The second-order valence-corrected chi connectivity index (χ2v) is 61.5. The van der Waals surface area contributed by atoms with Gasteiger partial charge in [-0.05, 0) is 66.0 Å². The Hall–Kier alpha value is 7.40. The summed E-state index contributed by atoms with van der Waals surface area (Å²) in [4.78, 5) is 0. The maximum absolute atomic E-state index is 5.75. The van der Waals surface area contributed by atoms with Crippen molar-refractivity contribution in [1.29, 1.82) is 0 Å². The van der Waals surface area contributed by atoms with Gasteiger partial charge in [0.1, 0.15) is 14.6 Å². The van der Waals surface area contributed by atoms with Crippen molar-refractivity contribution in [2.24, 2.45) is 0 Å². The molecule has 0 aromatic rings. The van der Waals surface area contributed by atoms with Gasteiger partial charge in [0, 0.05) is 0 Å². The topological polar surface area (TPSA) is 30.0 Å². The van der Waals surface area contributed by atoms with Crippen LogP contribution in [-0.2, 0) is 60.7 Å². The fourth-order valence-corrected chi connectivity index (χ4v) is 222. The van der Waals surface area contributed by atoms with E-state index in [2.05, 4.69) is 0 Å². The van der Waals surface area contributed by atoms with Crippen LogP contribution in [0.25, 0.3) is 0 Å². The molecule has 0 aliphatic carbocycles. The van der Waals surface area contributed by atoms with Gasteiger partial charge in [-0.1, -0.05) is 47.2 Å². The molecule has 0 aromatic carbocycles. The Kier molecular flexibility index (Phi) is 21.2. The van der Waals surface area contributed by atoms with E-state index in [1.54, 1.807) is 0 Å². The van der Waals surface area contributed by atoms with Crippen LogP contribution < -0.4 is 75.4 Å². The van der Waals surface area contributed by atoms with Crippen LogP contribution in [0, 0.1) is 0 Å². The van der Waals surface area contributed by atoms with E-state index < -0.39 is 14.6 Å². The summed E-state index contributed by atoms with van der Waals surface area (Å²) in [5, 5.41) is 0. The Morgan fingerprint density at radius 3 is 0.650 bits per heavy atom. The van der Waals surface area contributed by atoms with Gasteiger partial charge in [0.25, 0.3) is 0 Å². The van der Waals surface area contributed by atoms with Crippen molar-refractivity contribution in [3.05, 3.63) is 0 Å². The van der Waals surface area contributed by atoms with Gasteiger partial charge < -0.3 is 19.0 Å². The van der Waals surface area contributed by atoms with Gasteiger partial charge in [-0.3, -0.25) is 0 Å². The van der Waals surface area contributed by atoms with E-state index >= 15 is 0 Å². The van der Waals surface area contributed by atoms with E-state index in [1.807, 2.05) is 66.0 Å². The molecule has 20 heteroatoms. The van der Waals surface area contributed by atoms with Crippen LogP contribution in [0.4, 0.5) is 0 Å². The van der Waals surface area contributed by atoms with Crippen LogP contribution in [0.5, 0.6) is 0 Å². The molecule has 4 bridgehead atoms. The van der Waals surface area contributed by atoms with Crippen LogP contribution in [0.15, 0.2) is 0 Å². The van der Waals surface area contributed by atoms with Crippen LogP contribution in [0.2, 0.25) is 0 Å². The van der Waals surface area contributed by atoms with Crippen molar-refractivity contribution >= 4 is 141 Å². The number of hydrogen-bond donors (Lipinski definition) is 0. The Morgan fingerprint density at radius 1 is 0.450 bits per heavy atom. The summed E-state index contributed by atoms with van der Waals surface area (Å²) in [6, 6.07) is 0. The van der Waals surface area contributed by atoms with E-state index in [1.165, 1.54) is 0 Å². The molecule has 0 atom stereocenters. The molecule has 0 aromatic heterocycles. The third-order valence-electron chi connectivity index (χ3n) is 1.20. The second kappa shape index (κ2) is 12.2. The SMILES string of the molecule is S=P12SP3(=S)SP(=S)(S1)SP(=S)(S2)S3.[Li+].[Li+].[Li+].[Li+].[OH-].[SH-]. The van der Waals surface area contributed by atoms with Crippen molar-refractivity contribution in [1.82, 2.24) is 0 Å². The molecule has 0 amide bonds. The molecule has 4 rings (SSSR count). The Balaban J connectivity index is -0.000000213. The van der Waals surface area contributed by atoms with Crippen LogP contribution in [-0.4, -0.2) is 5.48 Å². The predicted molar refractivity (Wildman–Crippen MR) is 113 cm³/mol. The van der Waals surface area contributed by atoms with Gasteiger partial charge in [0.2, 0.25) is 0 Å². The molecule has 0 saturated carbocycles. The van der Waals surface area contributed by atoms with Crippen molar-refractivity contribution in [2.45, 2.75) is 0 Å². The molecule has 0 unspecified atom stereocenters. The summed E-state index contributed by atoms with van der Waals surface area (Å²) >= 11 is 34.5. The largest absolute Gasteiger partial charge is 1.00 e. The zero-order valence-corrected chi connectivity index (χ0v) is 23.4. The molecule has 4 aliphatic heterocycles. The van der Waals surface area contributed by atoms with Crippen molar-refractivity contribution in [3.63, 3.8) is 0 Å². The van der Waals surface area contributed by atoms with Gasteiger partial charge in [0.15, 0.2) is 0 Å². The summed E-state index contributed by atoms with van der Waals surface area (Å²) in [5.74, 6) is 0. The summed E-state index contributed by atoms with van der Waals surface area (Å²) in [6.07, 6.45) is 0. The zero-order chi connectivity index (χ0) is 10.2. The van der Waals surface area contributed by atoms with Crippen LogP contribution in [0.1, 0.15) is 0 Å². The molecule has 1 N–H and O–H groups in total. The van der Waals surface area contributed by atoms with E-state index in [4.69, 9.17) is 47.2 Å². The minimum absolute atomic E-state index is 0. The third kappa shape index (κ3) is 8.03. The Morgan fingerprint density at radius 2 is 0.550 bits per heavy atom. The van der Waals surface area contributed by atoms with Gasteiger partial charge >= 0.3 is 75.4 Å². The second-order valence-electron chi connectivity index (χ2n) is 2.28. The average molecular weight is 522 g/mol. The first-order chi connectivity index (χ1) is 6.24. The summed E-state index contributed by atoms with van der Waals surface area (Å²) in [7, 11) is 0. The normalized spacial score (nSPS) is 46.0. The molecule has 0 spiro atoms. The first-order valence-electron chi connectivity index (χ1n) is 2.92. The molecule has 96 valence electrons. The molecule has 4 saturated heterocycles. The first-order valence-corrected chi connectivity index (χ1v) is 26.3. The minimum atomic E-state index is -1.41. The molecule has 4 heterocycles. The standard InChI is InChI=1S/4Li.H2O.P4S10.H2S/c;;;;;5-1-9-2(6)12-3(7,10-1)14-4(8,11-1)13-2;/h;;;;1H2;;1H2/q4*+1;;;/p-2. The number of rotatable bonds is 0. The van der Waals surface area contributed by atoms with Crippen molar-refractivity contribution in [2.75, 3.05) is 0 Å². The van der Waals surface area contributed by atoms with Gasteiger partial charge in [-0.2, -0.15) is 0 Å². The molecule has 0 radical (unpaired) electrons. The molecule has 1 nitrogen and oxygen atoms in total. The number of hydrogen-bond acceptors (Lipinski definition) is 12. The average Bonchev–Trinajstić information content (AvgIpc) is 1.67. The molecule has 4 fully saturated rings. The Labute approximate surface area is 217 Å². The maximum Gasteiger partial charge on any atom is 1.00 e. The minimum Gasteiger partial charge on any atom is -0.870 e. The molecular weight excluding hydrogens is 520 g/mol. The van der Waals surface area contributed by atoms with Gasteiger partial charge in [-0.25, -0.2) is 0 Å². The molecule has 4 aliphatic rings. The fourth-order valence-electron chi connectivity index (χ4n) is 0.914. The van der Waals surface area contributed by atoms with E-state index in [9.17, 15) is 0 Å². The van der Waals surface area contributed by atoms with Crippen LogP contribution in [0.3, 0.4) is 0 Å². The van der Waals surface area contributed by atoms with E-state index in [0.717, 1.165) is 0 Å².